The largest absolute Gasteiger partial charge is 0.478 e. The number of aryl methyl sites for hydroxylation is 1. The number of rotatable bonds is 5. The number of piperidine rings is 1. The number of aromatic carboxylic acids is 1. The summed E-state index contributed by atoms with van der Waals surface area (Å²) in [7, 11) is 0. The van der Waals surface area contributed by atoms with Crippen LogP contribution in [0.25, 0.3) is 5.52 Å². The highest BCUT2D eigenvalue weighted by molar-refractivity contribution is 5.94. The first-order valence-electron chi connectivity index (χ1n) is 11.4. The number of fused-ring (bicyclic) bond motifs is 1. The van der Waals surface area contributed by atoms with Gasteiger partial charge in [0.1, 0.15) is 0 Å². The number of anilines is 2. The number of benzene rings is 1. The van der Waals surface area contributed by atoms with Gasteiger partial charge < -0.3 is 15.3 Å². The van der Waals surface area contributed by atoms with Crippen LogP contribution in [0.1, 0.15) is 60.1 Å². The second-order valence-electron chi connectivity index (χ2n) is 9.48. The summed E-state index contributed by atoms with van der Waals surface area (Å²) in [5.41, 5.74) is 5.14. The van der Waals surface area contributed by atoms with Crippen LogP contribution in [0.5, 0.6) is 0 Å². The summed E-state index contributed by atoms with van der Waals surface area (Å²) in [6.45, 7) is 5.97. The lowest BCUT2D eigenvalue weighted by molar-refractivity contribution is 0.0698. The Morgan fingerprint density at radius 3 is 2.50 bits per heavy atom. The lowest BCUT2D eigenvalue weighted by Crippen LogP contribution is -2.35. The fourth-order valence-corrected chi connectivity index (χ4v) is 5.03. The van der Waals surface area contributed by atoms with Crippen molar-refractivity contribution in [3.63, 3.8) is 0 Å². The Bertz CT molecular complexity index is 1250. The second kappa shape index (κ2) is 7.69. The number of para-hydroxylation sites is 1. The first kappa shape index (κ1) is 20.6. The molecule has 1 saturated heterocycles. The Morgan fingerprint density at radius 2 is 1.81 bits per heavy atom. The van der Waals surface area contributed by atoms with Crippen LogP contribution in [-0.2, 0) is 0 Å². The number of carboxylic acid groups (broad SMARTS) is 1. The van der Waals surface area contributed by atoms with E-state index in [-0.39, 0.29) is 17.2 Å². The lowest BCUT2D eigenvalue weighted by Gasteiger charge is -2.34. The Labute approximate surface area is 187 Å². The fraction of sp³-hybridized carbons (Fsp3) is 0.385. The van der Waals surface area contributed by atoms with Crippen LogP contribution < -0.4 is 15.8 Å². The van der Waals surface area contributed by atoms with Gasteiger partial charge in [-0.2, -0.15) is 0 Å². The number of aromatic nitrogens is 1. The zero-order valence-corrected chi connectivity index (χ0v) is 18.6. The molecular formula is C26H29N3O3. The van der Waals surface area contributed by atoms with Gasteiger partial charge in [0.25, 0.3) is 5.56 Å². The smallest absolute Gasteiger partial charge is 0.337 e. The van der Waals surface area contributed by atoms with Crippen LogP contribution in [0.4, 0.5) is 11.4 Å². The quantitative estimate of drug-likeness (QED) is 0.604. The molecule has 5 rings (SSSR count). The predicted molar refractivity (Wildman–Crippen MR) is 127 cm³/mol. The van der Waals surface area contributed by atoms with Crippen LogP contribution in [0.3, 0.4) is 0 Å². The van der Waals surface area contributed by atoms with E-state index in [2.05, 4.69) is 22.3 Å². The van der Waals surface area contributed by atoms with E-state index in [1.807, 2.05) is 26.1 Å². The predicted octanol–water partition coefficient (Wildman–Crippen LogP) is 4.86. The molecule has 0 radical (unpaired) electrons. The van der Waals surface area contributed by atoms with Crippen molar-refractivity contribution in [2.45, 2.75) is 45.6 Å². The Morgan fingerprint density at radius 1 is 1.09 bits per heavy atom. The van der Waals surface area contributed by atoms with Crippen LogP contribution in [0, 0.1) is 12.3 Å². The van der Waals surface area contributed by atoms with Crippen LogP contribution in [0.2, 0.25) is 0 Å². The standard InChI is InChI=1S/C26H29N3O3/c1-17-13-21(18(2)27-22-6-4-3-5-20(22)25(31)32)23-14-19(15-24(30)29(23)16-17)28-11-9-26(7-8-26)10-12-28/h3-6,13-16,18,27H,7-12H2,1-2H3,(H,31,32)/t18-/m1/s1. The molecule has 0 amide bonds. The average Bonchev–Trinajstić information content (AvgIpc) is 3.53. The minimum absolute atomic E-state index is 0.0349. The first-order chi connectivity index (χ1) is 15.3. The molecule has 1 saturated carbocycles. The zero-order chi connectivity index (χ0) is 22.5. The number of pyridine rings is 2. The number of hydrogen-bond donors (Lipinski definition) is 2. The summed E-state index contributed by atoms with van der Waals surface area (Å²) in [4.78, 5) is 27.0. The van der Waals surface area contributed by atoms with Crippen molar-refractivity contribution in [3.05, 3.63) is 75.7 Å². The number of carboxylic acids is 1. The normalized spacial score (nSPS) is 18.0. The maximum atomic E-state index is 13.0. The molecule has 166 valence electrons. The molecule has 6 nitrogen and oxygen atoms in total. The monoisotopic (exact) mass is 431 g/mol. The summed E-state index contributed by atoms with van der Waals surface area (Å²) >= 11 is 0. The highest BCUT2D eigenvalue weighted by atomic mass is 16.4. The molecule has 32 heavy (non-hydrogen) atoms. The maximum Gasteiger partial charge on any atom is 0.337 e. The Balaban J connectivity index is 1.53. The summed E-state index contributed by atoms with van der Waals surface area (Å²) in [6, 6.07) is 12.7. The van der Waals surface area contributed by atoms with Gasteiger partial charge in [0.05, 0.1) is 17.1 Å². The third kappa shape index (κ3) is 3.74. The van der Waals surface area contributed by atoms with Gasteiger partial charge in [-0.25, -0.2) is 4.79 Å². The Hall–Kier alpha value is -3.28. The third-order valence-corrected chi connectivity index (χ3v) is 7.21. The molecule has 1 spiro atoms. The number of carbonyl (C=O) groups is 1. The van der Waals surface area contributed by atoms with Crippen molar-refractivity contribution in [2.75, 3.05) is 23.3 Å². The van der Waals surface area contributed by atoms with Gasteiger partial charge in [0, 0.05) is 36.7 Å². The van der Waals surface area contributed by atoms with Crippen molar-refractivity contribution in [3.8, 4) is 0 Å². The van der Waals surface area contributed by atoms with Crippen molar-refractivity contribution < 1.29 is 9.90 Å². The van der Waals surface area contributed by atoms with E-state index < -0.39 is 5.97 Å². The van der Waals surface area contributed by atoms with Gasteiger partial charge >= 0.3 is 5.97 Å². The minimum Gasteiger partial charge on any atom is -0.478 e. The SMILES string of the molecule is Cc1cc([C@@H](C)Nc2ccccc2C(=O)O)c2cc(N3CCC4(CC3)CC4)cc(=O)n2c1. The fourth-order valence-electron chi connectivity index (χ4n) is 5.03. The molecule has 1 aromatic carbocycles. The molecule has 3 aromatic rings. The summed E-state index contributed by atoms with van der Waals surface area (Å²) < 4.78 is 1.71. The van der Waals surface area contributed by atoms with Crippen LogP contribution in [-0.4, -0.2) is 28.6 Å². The second-order valence-corrected chi connectivity index (χ2v) is 9.48. The summed E-state index contributed by atoms with van der Waals surface area (Å²) in [5.74, 6) is -0.966. The molecule has 1 aliphatic heterocycles. The van der Waals surface area contributed by atoms with Gasteiger partial charge in [-0.1, -0.05) is 18.2 Å². The van der Waals surface area contributed by atoms with E-state index in [1.54, 1.807) is 28.7 Å². The van der Waals surface area contributed by atoms with E-state index in [9.17, 15) is 14.7 Å². The molecule has 2 aromatic heterocycles. The third-order valence-electron chi connectivity index (χ3n) is 7.21. The highest BCUT2D eigenvalue weighted by Gasteiger charge is 2.44. The molecule has 1 atom stereocenters. The van der Waals surface area contributed by atoms with E-state index in [4.69, 9.17) is 0 Å². The van der Waals surface area contributed by atoms with Crippen LogP contribution >= 0.6 is 0 Å². The van der Waals surface area contributed by atoms with Crippen molar-refractivity contribution in [1.29, 1.82) is 0 Å². The van der Waals surface area contributed by atoms with Crippen molar-refractivity contribution >= 4 is 22.9 Å². The van der Waals surface area contributed by atoms with Crippen molar-refractivity contribution in [1.82, 2.24) is 4.40 Å². The van der Waals surface area contributed by atoms with Crippen LogP contribution in [0.15, 0.2) is 53.5 Å². The lowest BCUT2D eigenvalue weighted by atomic mass is 9.93. The number of nitrogens with one attached hydrogen (secondary N) is 1. The molecule has 0 bridgehead atoms. The molecule has 1 aliphatic carbocycles. The minimum atomic E-state index is -0.966. The first-order valence-corrected chi connectivity index (χ1v) is 11.4. The van der Waals surface area contributed by atoms with E-state index in [0.717, 1.165) is 35.4 Å². The van der Waals surface area contributed by atoms with Gasteiger partial charge in [-0.05, 0) is 74.3 Å². The highest BCUT2D eigenvalue weighted by Crippen LogP contribution is 2.53. The maximum absolute atomic E-state index is 13.0. The van der Waals surface area contributed by atoms with E-state index in [0.29, 0.717) is 11.1 Å². The molecule has 2 aliphatic rings. The topological polar surface area (TPSA) is 74.0 Å². The molecule has 0 unspecified atom stereocenters. The summed E-state index contributed by atoms with van der Waals surface area (Å²) in [5, 5.41) is 12.9. The Kier molecular flexibility index (Phi) is 4.96. The average molecular weight is 432 g/mol. The van der Waals surface area contributed by atoms with Crippen molar-refractivity contribution in [2.24, 2.45) is 5.41 Å². The van der Waals surface area contributed by atoms with Gasteiger partial charge in [0.2, 0.25) is 0 Å². The summed E-state index contributed by atoms with van der Waals surface area (Å²) in [6.07, 6.45) is 6.99. The molecular weight excluding hydrogens is 402 g/mol. The van der Waals surface area contributed by atoms with Gasteiger partial charge in [-0.15, -0.1) is 0 Å². The van der Waals surface area contributed by atoms with Gasteiger partial charge in [0.15, 0.2) is 0 Å². The molecule has 3 heterocycles. The molecule has 6 heteroatoms. The molecule has 2 fully saturated rings. The van der Waals surface area contributed by atoms with E-state index in [1.165, 1.54) is 25.7 Å². The number of nitrogens with zero attached hydrogens (tertiary/aromatic N) is 2. The van der Waals surface area contributed by atoms with E-state index >= 15 is 0 Å². The number of hydrogen-bond acceptors (Lipinski definition) is 4. The molecule has 2 N–H and O–H groups in total. The zero-order valence-electron chi connectivity index (χ0n) is 18.6. The van der Waals surface area contributed by atoms with Gasteiger partial charge in [-0.3, -0.25) is 9.20 Å².